The van der Waals surface area contributed by atoms with Crippen molar-refractivity contribution in [3.63, 3.8) is 0 Å². The first kappa shape index (κ1) is 13.2. The molecule has 17 heavy (non-hydrogen) atoms. The van der Waals surface area contributed by atoms with Crippen LogP contribution in [-0.4, -0.2) is 41.2 Å². The van der Waals surface area contributed by atoms with Gasteiger partial charge in [0.05, 0.1) is 19.0 Å². The van der Waals surface area contributed by atoms with Crippen LogP contribution in [0.25, 0.3) is 0 Å². The first-order valence-electron chi connectivity index (χ1n) is 5.37. The van der Waals surface area contributed by atoms with Gasteiger partial charge in [0.2, 0.25) is 5.88 Å². The number of carboxylic acids is 1. The van der Waals surface area contributed by atoms with Gasteiger partial charge < -0.3 is 14.7 Å². The second kappa shape index (κ2) is 6.03. The van der Waals surface area contributed by atoms with E-state index in [4.69, 9.17) is 9.84 Å². The van der Waals surface area contributed by atoms with E-state index in [9.17, 15) is 4.79 Å². The number of carbonyl (C=O) groups is 1. The van der Waals surface area contributed by atoms with E-state index in [1.807, 2.05) is 13.8 Å². The van der Waals surface area contributed by atoms with Gasteiger partial charge >= 0.3 is 5.97 Å². The molecule has 0 aliphatic carbocycles. The van der Waals surface area contributed by atoms with E-state index in [-0.39, 0.29) is 6.54 Å². The Bertz CT molecular complexity index is 382. The van der Waals surface area contributed by atoms with Gasteiger partial charge in [-0.3, -0.25) is 9.78 Å². The van der Waals surface area contributed by atoms with Crippen LogP contribution in [0.15, 0.2) is 12.4 Å². The molecular formula is C11H17N3O3. The summed E-state index contributed by atoms with van der Waals surface area (Å²) in [6, 6.07) is 0. The van der Waals surface area contributed by atoms with Gasteiger partial charge in [0.15, 0.2) is 5.82 Å². The van der Waals surface area contributed by atoms with Gasteiger partial charge in [-0.2, -0.15) is 4.98 Å². The Morgan fingerprint density at radius 1 is 1.53 bits per heavy atom. The number of nitrogens with zero attached hydrogens (tertiary/aromatic N) is 3. The van der Waals surface area contributed by atoms with Crippen molar-refractivity contribution in [1.82, 2.24) is 9.97 Å². The predicted octanol–water partition coefficient (Wildman–Crippen LogP) is 1.03. The maximum absolute atomic E-state index is 10.6. The van der Waals surface area contributed by atoms with Gasteiger partial charge in [-0.25, -0.2) is 0 Å². The Morgan fingerprint density at radius 3 is 2.82 bits per heavy atom. The normalized spacial score (nSPS) is 10.4. The molecule has 94 valence electrons. The van der Waals surface area contributed by atoms with Crippen molar-refractivity contribution >= 4 is 11.8 Å². The Balaban J connectivity index is 2.67. The van der Waals surface area contributed by atoms with Crippen LogP contribution in [0.3, 0.4) is 0 Å². The highest BCUT2D eigenvalue weighted by molar-refractivity contribution is 5.72. The van der Waals surface area contributed by atoms with Gasteiger partial charge in [0.1, 0.15) is 6.54 Å². The lowest BCUT2D eigenvalue weighted by Gasteiger charge is -2.16. The molecule has 0 atom stereocenters. The average molecular weight is 239 g/mol. The molecule has 1 aromatic rings. The molecule has 0 spiro atoms. The highest BCUT2D eigenvalue weighted by Gasteiger charge is 2.08. The fourth-order valence-electron chi connectivity index (χ4n) is 1.13. The van der Waals surface area contributed by atoms with Crippen molar-refractivity contribution < 1.29 is 14.6 Å². The molecule has 6 nitrogen and oxygen atoms in total. The maximum Gasteiger partial charge on any atom is 0.323 e. The summed E-state index contributed by atoms with van der Waals surface area (Å²) in [6.45, 7) is 4.50. The Hall–Kier alpha value is -1.85. The molecule has 0 amide bonds. The van der Waals surface area contributed by atoms with E-state index in [1.165, 1.54) is 17.3 Å². The minimum atomic E-state index is -0.914. The second-order valence-electron chi connectivity index (χ2n) is 4.17. The van der Waals surface area contributed by atoms with Crippen molar-refractivity contribution in [1.29, 1.82) is 0 Å². The van der Waals surface area contributed by atoms with Crippen molar-refractivity contribution in [2.75, 3.05) is 25.1 Å². The van der Waals surface area contributed by atoms with Crippen LogP contribution < -0.4 is 9.64 Å². The van der Waals surface area contributed by atoms with Crippen molar-refractivity contribution in [3.8, 4) is 5.88 Å². The molecule has 1 aromatic heterocycles. The molecule has 6 heteroatoms. The summed E-state index contributed by atoms with van der Waals surface area (Å²) in [5.74, 6) is 0.377. The van der Waals surface area contributed by atoms with Gasteiger partial charge in [0, 0.05) is 7.05 Å². The van der Waals surface area contributed by atoms with E-state index < -0.39 is 5.97 Å². The number of aromatic nitrogens is 2. The lowest BCUT2D eigenvalue weighted by molar-refractivity contribution is -0.135. The third kappa shape index (κ3) is 4.67. The van der Waals surface area contributed by atoms with Crippen LogP contribution in [0.1, 0.15) is 13.8 Å². The summed E-state index contributed by atoms with van der Waals surface area (Å²) in [4.78, 5) is 20.2. The summed E-state index contributed by atoms with van der Waals surface area (Å²) in [5.41, 5.74) is 0. The molecule has 0 aromatic carbocycles. The molecule has 0 aliphatic rings. The van der Waals surface area contributed by atoms with E-state index in [0.29, 0.717) is 24.2 Å². The van der Waals surface area contributed by atoms with Crippen molar-refractivity contribution in [2.45, 2.75) is 13.8 Å². The summed E-state index contributed by atoms with van der Waals surface area (Å²) >= 11 is 0. The lowest BCUT2D eigenvalue weighted by Crippen LogP contribution is -2.26. The molecule has 0 saturated heterocycles. The number of hydrogen-bond donors (Lipinski definition) is 1. The molecule has 1 heterocycles. The van der Waals surface area contributed by atoms with Gasteiger partial charge in [0.25, 0.3) is 0 Å². The number of ether oxygens (including phenoxy) is 1. The standard InChI is InChI=1S/C11H17N3O3/c1-8(2)7-17-10-5-12-4-9(13-10)14(3)6-11(15)16/h4-5,8H,6-7H2,1-3H3,(H,15,16). The lowest BCUT2D eigenvalue weighted by atomic mass is 10.2. The monoisotopic (exact) mass is 239 g/mol. The molecule has 0 radical (unpaired) electrons. The number of rotatable bonds is 6. The maximum atomic E-state index is 10.6. The zero-order valence-corrected chi connectivity index (χ0v) is 10.3. The summed E-state index contributed by atoms with van der Waals surface area (Å²) in [7, 11) is 1.64. The topological polar surface area (TPSA) is 75.5 Å². The Morgan fingerprint density at radius 2 is 2.24 bits per heavy atom. The molecule has 1 rings (SSSR count). The van der Waals surface area contributed by atoms with Gasteiger partial charge in [-0.15, -0.1) is 0 Å². The number of anilines is 1. The number of hydrogen-bond acceptors (Lipinski definition) is 5. The summed E-state index contributed by atoms with van der Waals surface area (Å²) < 4.78 is 5.42. The van der Waals surface area contributed by atoms with Gasteiger partial charge in [-0.05, 0) is 5.92 Å². The van der Waals surface area contributed by atoms with Crippen molar-refractivity contribution in [3.05, 3.63) is 12.4 Å². The predicted molar refractivity (Wildman–Crippen MR) is 63.3 cm³/mol. The number of carboxylic acid groups (broad SMARTS) is 1. The Kier molecular flexibility index (Phi) is 4.68. The van der Waals surface area contributed by atoms with Crippen LogP contribution >= 0.6 is 0 Å². The van der Waals surface area contributed by atoms with Crippen LogP contribution in [0.2, 0.25) is 0 Å². The summed E-state index contributed by atoms with van der Waals surface area (Å²) in [6.07, 6.45) is 3.02. The third-order valence-corrected chi connectivity index (χ3v) is 1.93. The Labute approximate surface area is 100 Å². The smallest absolute Gasteiger partial charge is 0.323 e. The molecular weight excluding hydrogens is 222 g/mol. The molecule has 0 unspecified atom stereocenters. The van der Waals surface area contributed by atoms with E-state index in [0.717, 1.165) is 0 Å². The van der Waals surface area contributed by atoms with Crippen molar-refractivity contribution in [2.24, 2.45) is 5.92 Å². The van der Waals surface area contributed by atoms with Crippen LogP contribution in [0.4, 0.5) is 5.82 Å². The molecule has 0 bridgehead atoms. The molecule has 0 saturated carbocycles. The quantitative estimate of drug-likeness (QED) is 0.799. The minimum absolute atomic E-state index is 0.123. The van der Waals surface area contributed by atoms with E-state index in [1.54, 1.807) is 7.05 Å². The van der Waals surface area contributed by atoms with Gasteiger partial charge in [-0.1, -0.05) is 13.8 Å². The van der Waals surface area contributed by atoms with Crippen LogP contribution in [-0.2, 0) is 4.79 Å². The molecule has 0 aliphatic heterocycles. The van der Waals surface area contributed by atoms with E-state index >= 15 is 0 Å². The number of aliphatic carboxylic acids is 1. The highest BCUT2D eigenvalue weighted by Crippen LogP contribution is 2.13. The highest BCUT2D eigenvalue weighted by atomic mass is 16.5. The average Bonchev–Trinajstić information content (AvgIpc) is 2.26. The fourth-order valence-corrected chi connectivity index (χ4v) is 1.13. The largest absolute Gasteiger partial charge is 0.480 e. The SMILES string of the molecule is CC(C)COc1cncc(N(C)CC(=O)O)n1. The zero-order chi connectivity index (χ0) is 12.8. The van der Waals surface area contributed by atoms with Crippen LogP contribution in [0, 0.1) is 5.92 Å². The second-order valence-corrected chi connectivity index (χ2v) is 4.17. The molecule has 0 fully saturated rings. The fraction of sp³-hybridized carbons (Fsp3) is 0.545. The van der Waals surface area contributed by atoms with Crippen LogP contribution in [0.5, 0.6) is 5.88 Å². The zero-order valence-electron chi connectivity index (χ0n) is 10.3. The third-order valence-electron chi connectivity index (χ3n) is 1.93. The molecule has 1 N–H and O–H groups in total. The van der Waals surface area contributed by atoms with E-state index in [2.05, 4.69) is 9.97 Å². The first-order chi connectivity index (χ1) is 7.99. The number of likely N-dealkylation sites (N-methyl/N-ethyl adjacent to an activating group) is 1. The first-order valence-corrected chi connectivity index (χ1v) is 5.37. The minimum Gasteiger partial charge on any atom is -0.480 e. The summed E-state index contributed by atoms with van der Waals surface area (Å²) in [5, 5.41) is 8.67.